The first kappa shape index (κ1) is 6.26. The number of nitrogens with zero attached hydrogens (tertiary/aromatic N) is 1. The Bertz CT molecular complexity index is 215. The lowest BCUT2D eigenvalue weighted by molar-refractivity contribution is 0.582. The topological polar surface area (TPSA) is 12.4 Å². The fourth-order valence-electron chi connectivity index (χ4n) is 1.97. The molecule has 2 heteroatoms. The number of allylic oxidation sites excluding steroid dienone is 1. The summed E-state index contributed by atoms with van der Waals surface area (Å²) in [7, 11) is 0. The molecule has 0 spiro atoms. The van der Waals surface area contributed by atoms with Crippen LogP contribution in [-0.4, -0.2) is 11.2 Å². The van der Waals surface area contributed by atoms with Gasteiger partial charge in [0.15, 0.2) is 0 Å². The van der Waals surface area contributed by atoms with E-state index in [2.05, 4.69) is 34.5 Å². The fraction of sp³-hybridized carbons (Fsp3) is 0.625. The molecule has 0 radical (unpaired) electrons. The quantitative estimate of drug-likeness (QED) is 0.317. The van der Waals surface area contributed by atoms with Gasteiger partial charge in [0, 0.05) is 5.92 Å². The van der Waals surface area contributed by atoms with Crippen LogP contribution in [0.15, 0.2) is 17.1 Å². The number of rotatable bonds is 1. The van der Waals surface area contributed by atoms with Gasteiger partial charge in [-0.15, -0.1) is 0 Å². The molecule has 10 heavy (non-hydrogen) atoms. The molecular formula is C8H9NS. The van der Waals surface area contributed by atoms with Crippen LogP contribution in [0.4, 0.5) is 0 Å². The average Bonchev–Trinajstić information content (AvgIpc) is 2.48. The Morgan fingerprint density at radius 1 is 1.40 bits per heavy atom. The molecule has 0 aromatic rings. The molecule has 3 unspecified atom stereocenters. The van der Waals surface area contributed by atoms with Crippen molar-refractivity contribution in [3.63, 3.8) is 0 Å². The highest BCUT2D eigenvalue weighted by atomic mass is 32.1. The molecule has 0 aromatic carbocycles. The molecule has 3 atom stereocenters. The minimum Gasteiger partial charge on any atom is -0.229 e. The zero-order valence-electron chi connectivity index (χ0n) is 5.66. The Morgan fingerprint density at radius 3 is 2.80 bits per heavy atom. The summed E-state index contributed by atoms with van der Waals surface area (Å²) in [4.78, 5) is 4.12. The van der Waals surface area contributed by atoms with E-state index in [-0.39, 0.29) is 0 Å². The molecular weight excluding hydrogens is 142 g/mol. The summed E-state index contributed by atoms with van der Waals surface area (Å²) in [6, 6.07) is 0.465. The highest BCUT2D eigenvalue weighted by Gasteiger charge is 2.35. The van der Waals surface area contributed by atoms with Crippen LogP contribution in [0.5, 0.6) is 0 Å². The van der Waals surface area contributed by atoms with Crippen LogP contribution >= 0.6 is 12.2 Å². The molecule has 2 aliphatic rings. The van der Waals surface area contributed by atoms with E-state index in [4.69, 9.17) is 0 Å². The number of hydrogen-bond acceptors (Lipinski definition) is 2. The lowest BCUT2D eigenvalue weighted by atomic mass is 10.0. The summed E-state index contributed by atoms with van der Waals surface area (Å²) in [5, 5.41) is 2.47. The van der Waals surface area contributed by atoms with Gasteiger partial charge in [-0.3, -0.25) is 0 Å². The molecule has 0 aliphatic heterocycles. The van der Waals surface area contributed by atoms with Gasteiger partial charge in [-0.05, 0) is 31.0 Å². The summed E-state index contributed by atoms with van der Waals surface area (Å²) >= 11 is 4.56. The largest absolute Gasteiger partial charge is 0.229 e. The molecule has 2 bridgehead atoms. The lowest BCUT2D eigenvalue weighted by Gasteiger charge is -2.09. The van der Waals surface area contributed by atoms with E-state index >= 15 is 0 Å². The van der Waals surface area contributed by atoms with Gasteiger partial charge >= 0.3 is 0 Å². The third-order valence-corrected chi connectivity index (χ3v) is 2.57. The van der Waals surface area contributed by atoms with E-state index in [9.17, 15) is 0 Å². The van der Waals surface area contributed by atoms with Gasteiger partial charge < -0.3 is 0 Å². The second-order valence-electron chi connectivity index (χ2n) is 3.07. The molecule has 0 N–H and O–H groups in total. The van der Waals surface area contributed by atoms with E-state index in [1.165, 1.54) is 12.8 Å². The van der Waals surface area contributed by atoms with Crippen LogP contribution in [-0.2, 0) is 0 Å². The maximum Gasteiger partial charge on any atom is 0.0671 e. The van der Waals surface area contributed by atoms with E-state index in [1.807, 2.05) is 0 Å². The van der Waals surface area contributed by atoms with Crippen LogP contribution in [0.3, 0.4) is 0 Å². The number of isothiocyanates is 1. The number of hydrogen-bond donors (Lipinski definition) is 0. The first-order chi connectivity index (χ1) is 4.90. The molecule has 2 rings (SSSR count). The molecule has 0 heterocycles. The summed E-state index contributed by atoms with van der Waals surface area (Å²) in [5.41, 5.74) is 0. The number of aliphatic imine (C=N–C) groups is 1. The first-order valence-corrected chi connectivity index (χ1v) is 4.06. The molecule has 1 nitrogen and oxygen atoms in total. The summed E-state index contributed by atoms with van der Waals surface area (Å²) in [6.45, 7) is 0. The van der Waals surface area contributed by atoms with Crippen LogP contribution in [0.1, 0.15) is 12.8 Å². The predicted molar refractivity (Wildman–Crippen MR) is 44.2 cm³/mol. The third kappa shape index (κ3) is 0.845. The highest BCUT2D eigenvalue weighted by molar-refractivity contribution is 7.78. The normalized spacial score (nSPS) is 41.8. The SMILES string of the molecule is S=C=NC1CC2C=CC1C2. The Hall–Kier alpha value is -0.460. The van der Waals surface area contributed by atoms with Crippen molar-refractivity contribution in [2.45, 2.75) is 18.9 Å². The van der Waals surface area contributed by atoms with Crippen molar-refractivity contribution in [1.29, 1.82) is 0 Å². The summed E-state index contributed by atoms with van der Waals surface area (Å²) in [6.07, 6.45) is 7.07. The number of fused-ring (bicyclic) bond motifs is 2. The second-order valence-corrected chi connectivity index (χ2v) is 3.25. The number of thiocarbonyl (C=S) groups is 1. The third-order valence-electron chi connectivity index (χ3n) is 2.46. The van der Waals surface area contributed by atoms with Crippen molar-refractivity contribution in [3.8, 4) is 0 Å². The minimum absolute atomic E-state index is 0.465. The Labute approximate surface area is 65.8 Å². The predicted octanol–water partition coefficient (Wildman–Crippen LogP) is 2.05. The van der Waals surface area contributed by atoms with Gasteiger partial charge in [0.05, 0.1) is 11.2 Å². The van der Waals surface area contributed by atoms with E-state index in [0.29, 0.717) is 12.0 Å². The molecule has 0 amide bonds. The van der Waals surface area contributed by atoms with E-state index < -0.39 is 0 Å². The van der Waals surface area contributed by atoms with Gasteiger partial charge in [0.1, 0.15) is 0 Å². The summed E-state index contributed by atoms with van der Waals surface area (Å²) in [5.74, 6) is 1.47. The Balaban J connectivity index is 2.16. The fourth-order valence-corrected chi connectivity index (χ4v) is 2.10. The molecule has 0 saturated heterocycles. The van der Waals surface area contributed by atoms with Crippen molar-refractivity contribution in [3.05, 3.63) is 12.2 Å². The van der Waals surface area contributed by atoms with E-state index in [0.717, 1.165) is 5.92 Å². The van der Waals surface area contributed by atoms with Crippen molar-refractivity contribution < 1.29 is 0 Å². The monoisotopic (exact) mass is 151 g/mol. The van der Waals surface area contributed by atoms with Crippen LogP contribution in [0, 0.1) is 11.8 Å². The molecule has 0 aromatic heterocycles. The Morgan fingerprint density at radius 2 is 2.30 bits per heavy atom. The van der Waals surface area contributed by atoms with Crippen LogP contribution in [0.2, 0.25) is 0 Å². The standard InChI is InChI=1S/C8H9NS/c10-5-9-8-4-6-1-2-7(8)3-6/h1-2,6-8H,3-4H2. The molecule has 1 saturated carbocycles. The van der Waals surface area contributed by atoms with Crippen LogP contribution in [0.25, 0.3) is 0 Å². The maximum absolute atomic E-state index is 4.56. The maximum atomic E-state index is 4.56. The summed E-state index contributed by atoms with van der Waals surface area (Å²) < 4.78 is 0. The van der Waals surface area contributed by atoms with Gasteiger partial charge in [-0.25, -0.2) is 4.99 Å². The van der Waals surface area contributed by atoms with Gasteiger partial charge in [-0.2, -0.15) is 0 Å². The molecule has 52 valence electrons. The van der Waals surface area contributed by atoms with Gasteiger partial charge in [-0.1, -0.05) is 12.2 Å². The molecule has 2 aliphatic carbocycles. The smallest absolute Gasteiger partial charge is 0.0671 e. The first-order valence-electron chi connectivity index (χ1n) is 3.65. The lowest BCUT2D eigenvalue weighted by Crippen LogP contribution is -2.09. The average molecular weight is 151 g/mol. The van der Waals surface area contributed by atoms with Crippen molar-refractivity contribution in [2.24, 2.45) is 16.8 Å². The van der Waals surface area contributed by atoms with Crippen molar-refractivity contribution >= 4 is 17.4 Å². The van der Waals surface area contributed by atoms with Gasteiger partial charge in [0.25, 0.3) is 0 Å². The second kappa shape index (κ2) is 2.30. The molecule has 1 fully saturated rings. The Kier molecular flexibility index (Phi) is 1.44. The van der Waals surface area contributed by atoms with Crippen LogP contribution < -0.4 is 0 Å². The van der Waals surface area contributed by atoms with Crippen molar-refractivity contribution in [1.82, 2.24) is 0 Å². The van der Waals surface area contributed by atoms with Crippen molar-refractivity contribution in [2.75, 3.05) is 0 Å². The highest BCUT2D eigenvalue weighted by Crippen LogP contribution is 2.40. The minimum atomic E-state index is 0.465. The zero-order valence-corrected chi connectivity index (χ0v) is 6.47. The van der Waals surface area contributed by atoms with E-state index in [1.54, 1.807) is 0 Å². The van der Waals surface area contributed by atoms with Gasteiger partial charge in [0.2, 0.25) is 0 Å². The zero-order chi connectivity index (χ0) is 6.97.